The molecular formula is C17H21N3O3. The van der Waals surface area contributed by atoms with Crippen molar-refractivity contribution in [2.24, 2.45) is 0 Å². The van der Waals surface area contributed by atoms with E-state index in [9.17, 15) is 9.59 Å². The molecule has 0 unspecified atom stereocenters. The van der Waals surface area contributed by atoms with Crippen LogP contribution in [0.25, 0.3) is 0 Å². The molecule has 0 spiro atoms. The van der Waals surface area contributed by atoms with E-state index in [0.717, 1.165) is 5.69 Å². The van der Waals surface area contributed by atoms with Crippen molar-refractivity contribution in [3.63, 3.8) is 0 Å². The fourth-order valence-corrected chi connectivity index (χ4v) is 2.52. The molecule has 6 nitrogen and oxygen atoms in total. The summed E-state index contributed by atoms with van der Waals surface area (Å²) in [6, 6.07) is 8.24. The van der Waals surface area contributed by atoms with E-state index in [4.69, 9.17) is 4.74 Å². The van der Waals surface area contributed by atoms with E-state index in [-0.39, 0.29) is 5.91 Å². The number of amides is 1. The molecule has 0 aliphatic heterocycles. The highest BCUT2D eigenvalue weighted by atomic mass is 16.5. The van der Waals surface area contributed by atoms with E-state index < -0.39 is 11.7 Å². The monoisotopic (exact) mass is 315 g/mol. The standard InChI is InChI=1S/C17H21N3O3/c1-5-15(20-12(3)10-11(2)18-17(20)22)16(21)19-13-6-8-14(23-4)9-7-13/h6-10,15H,5H2,1-4H3,(H,19,21)/t15-/m0/s1. The van der Waals surface area contributed by atoms with Crippen LogP contribution < -0.4 is 15.7 Å². The highest BCUT2D eigenvalue weighted by molar-refractivity contribution is 5.93. The Bertz CT molecular complexity index is 751. The zero-order chi connectivity index (χ0) is 17.0. The van der Waals surface area contributed by atoms with Crippen LogP contribution in [-0.4, -0.2) is 22.6 Å². The number of rotatable bonds is 5. The van der Waals surface area contributed by atoms with Gasteiger partial charge >= 0.3 is 5.69 Å². The average molecular weight is 315 g/mol. The van der Waals surface area contributed by atoms with Crippen molar-refractivity contribution >= 4 is 11.6 Å². The van der Waals surface area contributed by atoms with Crippen molar-refractivity contribution in [2.45, 2.75) is 33.2 Å². The van der Waals surface area contributed by atoms with E-state index >= 15 is 0 Å². The molecule has 0 radical (unpaired) electrons. The Morgan fingerprint density at radius 2 is 1.96 bits per heavy atom. The fraction of sp³-hybridized carbons (Fsp3) is 0.353. The van der Waals surface area contributed by atoms with Crippen LogP contribution in [0.5, 0.6) is 5.75 Å². The molecule has 0 bridgehead atoms. The van der Waals surface area contributed by atoms with Gasteiger partial charge in [0.2, 0.25) is 5.91 Å². The van der Waals surface area contributed by atoms with Gasteiger partial charge in [-0.15, -0.1) is 0 Å². The van der Waals surface area contributed by atoms with Crippen LogP contribution in [0.2, 0.25) is 0 Å². The first-order valence-corrected chi connectivity index (χ1v) is 7.48. The molecule has 2 rings (SSSR count). The molecule has 0 saturated carbocycles. The van der Waals surface area contributed by atoms with E-state index in [1.807, 2.05) is 6.92 Å². The Labute approximate surface area is 135 Å². The van der Waals surface area contributed by atoms with E-state index in [1.54, 1.807) is 51.3 Å². The van der Waals surface area contributed by atoms with E-state index in [0.29, 0.717) is 23.6 Å². The van der Waals surface area contributed by atoms with Crippen molar-refractivity contribution in [1.82, 2.24) is 9.55 Å². The summed E-state index contributed by atoms with van der Waals surface area (Å²) in [7, 11) is 1.58. The van der Waals surface area contributed by atoms with Crippen molar-refractivity contribution in [1.29, 1.82) is 0 Å². The molecule has 0 fully saturated rings. The lowest BCUT2D eigenvalue weighted by atomic mass is 10.1. The van der Waals surface area contributed by atoms with Crippen LogP contribution in [0.1, 0.15) is 30.8 Å². The Balaban J connectivity index is 2.26. The van der Waals surface area contributed by atoms with E-state index in [2.05, 4.69) is 10.3 Å². The molecule has 1 amide bonds. The third-order valence-electron chi connectivity index (χ3n) is 3.63. The van der Waals surface area contributed by atoms with Gasteiger partial charge in [0, 0.05) is 17.1 Å². The quantitative estimate of drug-likeness (QED) is 0.920. The molecule has 0 aliphatic carbocycles. The van der Waals surface area contributed by atoms with Gasteiger partial charge < -0.3 is 10.1 Å². The summed E-state index contributed by atoms with van der Waals surface area (Å²) in [6.45, 7) is 5.43. The molecule has 2 aromatic rings. The predicted octanol–water partition coefficient (Wildman–Crippen LogP) is 2.46. The SMILES string of the molecule is CC[C@@H](C(=O)Nc1ccc(OC)cc1)n1c(C)cc(C)nc1=O. The molecule has 122 valence electrons. The number of nitrogens with zero attached hydrogens (tertiary/aromatic N) is 2. The van der Waals surface area contributed by atoms with Crippen molar-refractivity contribution in [3.05, 3.63) is 52.2 Å². The smallest absolute Gasteiger partial charge is 0.348 e. The van der Waals surface area contributed by atoms with Crippen molar-refractivity contribution in [3.8, 4) is 5.75 Å². The maximum Gasteiger partial charge on any atom is 0.348 e. The predicted molar refractivity (Wildman–Crippen MR) is 88.9 cm³/mol. The molecule has 6 heteroatoms. The Morgan fingerprint density at radius 3 is 2.48 bits per heavy atom. The minimum absolute atomic E-state index is 0.242. The summed E-state index contributed by atoms with van der Waals surface area (Å²) < 4.78 is 6.52. The minimum atomic E-state index is -0.599. The Kier molecular flexibility index (Phi) is 5.16. The second-order valence-corrected chi connectivity index (χ2v) is 5.33. The molecule has 1 N–H and O–H groups in total. The number of carbonyl (C=O) groups excluding carboxylic acids is 1. The highest BCUT2D eigenvalue weighted by Crippen LogP contribution is 2.18. The van der Waals surface area contributed by atoms with Gasteiger partial charge in [-0.3, -0.25) is 9.36 Å². The lowest BCUT2D eigenvalue weighted by molar-refractivity contribution is -0.119. The van der Waals surface area contributed by atoms with Crippen LogP contribution in [0.3, 0.4) is 0 Å². The molecule has 1 aromatic heterocycles. The van der Waals surface area contributed by atoms with Gasteiger partial charge in [-0.25, -0.2) is 4.79 Å². The Morgan fingerprint density at radius 1 is 1.30 bits per heavy atom. The number of hydrogen-bond donors (Lipinski definition) is 1. The number of nitrogens with one attached hydrogen (secondary N) is 1. The summed E-state index contributed by atoms with van der Waals surface area (Å²) in [6.07, 6.45) is 0.494. The maximum absolute atomic E-state index is 12.6. The molecule has 23 heavy (non-hydrogen) atoms. The molecule has 0 aliphatic rings. The van der Waals surface area contributed by atoms with Crippen LogP contribution >= 0.6 is 0 Å². The maximum atomic E-state index is 12.6. The molecule has 1 atom stereocenters. The third kappa shape index (κ3) is 3.77. The van der Waals surface area contributed by atoms with Crippen LogP contribution in [0, 0.1) is 13.8 Å². The van der Waals surface area contributed by atoms with Crippen LogP contribution in [0.4, 0.5) is 5.69 Å². The van der Waals surface area contributed by atoms with Gasteiger partial charge in [-0.1, -0.05) is 6.92 Å². The molecule has 1 heterocycles. The first kappa shape index (κ1) is 16.7. The number of aryl methyl sites for hydroxylation is 2. The van der Waals surface area contributed by atoms with Crippen molar-refractivity contribution < 1.29 is 9.53 Å². The van der Waals surface area contributed by atoms with Gasteiger partial charge in [0.25, 0.3) is 0 Å². The van der Waals surface area contributed by atoms with Crippen molar-refractivity contribution in [2.75, 3.05) is 12.4 Å². The lowest BCUT2D eigenvalue weighted by Gasteiger charge is -2.20. The highest BCUT2D eigenvalue weighted by Gasteiger charge is 2.22. The number of carbonyl (C=O) groups is 1. The summed E-state index contributed by atoms with van der Waals surface area (Å²) in [5.74, 6) is 0.471. The second kappa shape index (κ2) is 7.09. The van der Waals surface area contributed by atoms with Crippen LogP contribution in [0.15, 0.2) is 35.1 Å². The van der Waals surface area contributed by atoms with Gasteiger partial charge in [0.15, 0.2) is 0 Å². The number of benzene rings is 1. The first-order chi connectivity index (χ1) is 11.0. The largest absolute Gasteiger partial charge is 0.497 e. The first-order valence-electron chi connectivity index (χ1n) is 7.48. The number of ether oxygens (including phenoxy) is 1. The number of aromatic nitrogens is 2. The number of hydrogen-bond acceptors (Lipinski definition) is 4. The minimum Gasteiger partial charge on any atom is -0.497 e. The lowest BCUT2D eigenvalue weighted by Crippen LogP contribution is -2.36. The fourth-order valence-electron chi connectivity index (χ4n) is 2.52. The third-order valence-corrected chi connectivity index (χ3v) is 3.63. The topological polar surface area (TPSA) is 73.2 Å². The second-order valence-electron chi connectivity index (χ2n) is 5.33. The zero-order valence-corrected chi connectivity index (χ0v) is 13.8. The summed E-state index contributed by atoms with van der Waals surface area (Å²) >= 11 is 0. The number of anilines is 1. The van der Waals surface area contributed by atoms with Gasteiger partial charge in [0.05, 0.1) is 7.11 Å². The summed E-state index contributed by atoms with van der Waals surface area (Å²) in [5.41, 5.74) is 1.62. The molecular weight excluding hydrogens is 294 g/mol. The zero-order valence-electron chi connectivity index (χ0n) is 13.8. The van der Waals surface area contributed by atoms with Gasteiger partial charge in [-0.05, 0) is 50.6 Å². The summed E-state index contributed by atoms with van der Waals surface area (Å²) in [4.78, 5) is 28.6. The normalized spacial score (nSPS) is 11.8. The van der Waals surface area contributed by atoms with E-state index in [1.165, 1.54) is 4.57 Å². The van der Waals surface area contributed by atoms with Crippen LogP contribution in [-0.2, 0) is 4.79 Å². The molecule has 0 saturated heterocycles. The van der Waals surface area contributed by atoms with Gasteiger partial charge in [-0.2, -0.15) is 4.98 Å². The summed E-state index contributed by atoms with van der Waals surface area (Å²) in [5, 5.41) is 2.83. The number of methoxy groups -OCH3 is 1. The van der Waals surface area contributed by atoms with Gasteiger partial charge in [0.1, 0.15) is 11.8 Å². The molecule has 1 aromatic carbocycles. The average Bonchev–Trinajstić information content (AvgIpc) is 2.51. The Hall–Kier alpha value is -2.63.